The van der Waals surface area contributed by atoms with E-state index in [2.05, 4.69) is 22.9 Å². The van der Waals surface area contributed by atoms with Crippen LogP contribution in [0, 0.1) is 0 Å². The van der Waals surface area contributed by atoms with Crippen molar-refractivity contribution in [3.63, 3.8) is 0 Å². The number of alkyl halides is 1. The molecule has 0 fully saturated rings. The Morgan fingerprint density at radius 3 is 2.68 bits per heavy atom. The molecule has 1 aromatic heterocycles. The van der Waals surface area contributed by atoms with Gasteiger partial charge < -0.3 is 9.64 Å². The van der Waals surface area contributed by atoms with E-state index in [0.717, 1.165) is 16.6 Å². The van der Waals surface area contributed by atoms with Crippen LogP contribution in [0.3, 0.4) is 0 Å². The van der Waals surface area contributed by atoms with Crippen LogP contribution in [-0.2, 0) is 11.2 Å². The Bertz CT molecular complexity index is 393. The fourth-order valence-corrected chi connectivity index (χ4v) is 2.87. The average molecular weight is 348 g/mol. The molecule has 3 nitrogen and oxygen atoms in total. The van der Waals surface area contributed by atoms with Gasteiger partial charge in [-0.2, -0.15) is 0 Å². The molecule has 1 heterocycles. The number of halogens is 1. The molecule has 0 aromatic carbocycles. The molecule has 0 spiro atoms. The number of rotatable bonds is 8. The van der Waals surface area contributed by atoms with Gasteiger partial charge in [0.25, 0.3) is 5.91 Å². The largest absolute Gasteiger partial charge is 0.379 e. The predicted molar refractivity (Wildman–Crippen MR) is 84.5 cm³/mol. The quantitative estimate of drug-likeness (QED) is 0.531. The second-order valence-electron chi connectivity index (χ2n) is 4.51. The van der Waals surface area contributed by atoms with Crippen LogP contribution in [-0.4, -0.2) is 41.9 Å². The minimum absolute atomic E-state index is 0.113. The van der Waals surface area contributed by atoms with Crippen molar-refractivity contribution in [2.75, 3.05) is 25.1 Å². The van der Waals surface area contributed by atoms with Crippen LogP contribution < -0.4 is 0 Å². The fraction of sp³-hybridized carbons (Fsp3) is 0.643. The highest BCUT2D eigenvalue weighted by molar-refractivity contribution is 9.09. The van der Waals surface area contributed by atoms with Crippen LogP contribution in [0.25, 0.3) is 0 Å². The Hall–Kier alpha value is -0.390. The van der Waals surface area contributed by atoms with Gasteiger partial charge >= 0.3 is 0 Å². The normalized spacial score (nSPS) is 11.0. The third-order valence-electron chi connectivity index (χ3n) is 2.80. The number of hydrogen-bond donors (Lipinski definition) is 0. The van der Waals surface area contributed by atoms with Crippen molar-refractivity contribution in [1.82, 2.24) is 4.90 Å². The van der Waals surface area contributed by atoms with Crippen molar-refractivity contribution in [2.24, 2.45) is 0 Å². The lowest BCUT2D eigenvalue weighted by Gasteiger charge is -2.26. The van der Waals surface area contributed by atoms with E-state index >= 15 is 0 Å². The lowest BCUT2D eigenvalue weighted by atomic mass is 10.3. The van der Waals surface area contributed by atoms with Crippen molar-refractivity contribution < 1.29 is 9.53 Å². The van der Waals surface area contributed by atoms with E-state index in [1.165, 1.54) is 4.88 Å². The molecule has 0 saturated carbocycles. The molecule has 1 aromatic rings. The summed E-state index contributed by atoms with van der Waals surface area (Å²) in [5, 5.41) is 0.827. The molecular formula is C14H22BrNO2S. The van der Waals surface area contributed by atoms with Crippen molar-refractivity contribution in [3.8, 4) is 0 Å². The molecule has 0 unspecified atom stereocenters. The molecule has 1 amide bonds. The summed E-state index contributed by atoms with van der Waals surface area (Å²) >= 11 is 4.91. The molecule has 1 rings (SSSR count). The number of amides is 1. The van der Waals surface area contributed by atoms with Gasteiger partial charge in [0.15, 0.2) is 0 Å². The lowest BCUT2D eigenvalue weighted by Crippen LogP contribution is -2.39. The Balaban J connectivity index is 2.62. The summed E-state index contributed by atoms with van der Waals surface area (Å²) in [6.07, 6.45) is 0.980. The summed E-state index contributed by atoms with van der Waals surface area (Å²) < 4.78 is 5.44. The lowest BCUT2D eigenvalue weighted by molar-refractivity contribution is 0.0601. The molecule has 0 aliphatic heterocycles. The first-order valence-electron chi connectivity index (χ1n) is 6.63. The number of carbonyl (C=O) groups is 1. The molecule has 0 radical (unpaired) electrons. The predicted octanol–water partition coefficient (Wildman–Crippen LogP) is 3.57. The van der Waals surface area contributed by atoms with E-state index < -0.39 is 0 Å². The standard InChI is InChI=1S/C14H22BrNO2S/c1-4-12-5-6-13(19-12)14(17)16(11(2)3)8-10-18-9-7-15/h5-6,11H,4,7-10H2,1-3H3. The Kier molecular flexibility index (Phi) is 7.64. The van der Waals surface area contributed by atoms with Crippen molar-refractivity contribution >= 4 is 33.2 Å². The second-order valence-corrected chi connectivity index (χ2v) is 6.47. The van der Waals surface area contributed by atoms with Crippen LogP contribution in [0.15, 0.2) is 12.1 Å². The molecule has 19 heavy (non-hydrogen) atoms. The highest BCUT2D eigenvalue weighted by Crippen LogP contribution is 2.19. The van der Waals surface area contributed by atoms with E-state index in [4.69, 9.17) is 4.74 Å². The maximum Gasteiger partial charge on any atom is 0.264 e. The number of hydrogen-bond acceptors (Lipinski definition) is 3. The number of aryl methyl sites for hydroxylation is 1. The summed E-state index contributed by atoms with van der Waals surface area (Å²) in [6, 6.07) is 4.16. The van der Waals surface area contributed by atoms with Gasteiger partial charge in [0, 0.05) is 22.8 Å². The van der Waals surface area contributed by atoms with Crippen LogP contribution in [0.4, 0.5) is 0 Å². The van der Waals surface area contributed by atoms with E-state index in [1.807, 2.05) is 30.9 Å². The minimum atomic E-state index is 0.113. The maximum absolute atomic E-state index is 12.5. The summed E-state index contributed by atoms with van der Waals surface area (Å²) in [7, 11) is 0. The summed E-state index contributed by atoms with van der Waals surface area (Å²) in [6.45, 7) is 8.09. The van der Waals surface area contributed by atoms with Gasteiger partial charge in [0.2, 0.25) is 0 Å². The summed E-state index contributed by atoms with van der Waals surface area (Å²) in [5.41, 5.74) is 0. The number of carbonyl (C=O) groups excluding carboxylic acids is 1. The van der Waals surface area contributed by atoms with Gasteiger partial charge in [-0.25, -0.2) is 0 Å². The van der Waals surface area contributed by atoms with Crippen LogP contribution in [0.5, 0.6) is 0 Å². The van der Waals surface area contributed by atoms with E-state index in [0.29, 0.717) is 19.8 Å². The van der Waals surface area contributed by atoms with Gasteiger partial charge in [-0.15, -0.1) is 11.3 Å². The van der Waals surface area contributed by atoms with E-state index in [-0.39, 0.29) is 11.9 Å². The van der Waals surface area contributed by atoms with Gasteiger partial charge in [-0.1, -0.05) is 22.9 Å². The van der Waals surface area contributed by atoms with Crippen LogP contribution in [0.1, 0.15) is 35.3 Å². The Morgan fingerprint density at radius 2 is 2.16 bits per heavy atom. The topological polar surface area (TPSA) is 29.5 Å². The molecule has 0 aliphatic carbocycles. The van der Waals surface area contributed by atoms with Crippen LogP contribution >= 0.6 is 27.3 Å². The van der Waals surface area contributed by atoms with Crippen molar-refractivity contribution in [3.05, 3.63) is 21.9 Å². The molecule has 0 N–H and O–H groups in total. The third kappa shape index (κ3) is 5.24. The van der Waals surface area contributed by atoms with Gasteiger partial charge in [0.05, 0.1) is 18.1 Å². The summed E-state index contributed by atoms with van der Waals surface area (Å²) in [5.74, 6) is 0.113. The zero-order valence-electron chi connectivity index (χ0n) is 11.8. The minimum Gasteiger partial charge on any atom is -0.379 e. The summed E-state index contributed by atoms with van der Waals surface area (Å²) in [4.78, 5) is 16.4. The van der Waals surface area contributed by atoms with Crippen molar-refractivity contribution in [1.29, 1.82) is 0 Å². The van der Waals surface area contributed by atoms with Gasteiger partial charge in [-0.05, 0) is 32.4 Å². The first kappa shape index (κ1) is 16.7. The zero-order valence-corrected chi connectivity index (χ0v) is 14.2. The maximum atomic E-state index is 12.5. The number of nitrogens with zero attached hydrogens (tertiary/aromatic N) is 1. The van der Waals surface area contributed by atoms with Gasteiger partial charge in [-0.3, -0.25) is 4.79 Å². The highest BCUT2D eigenvalue weighted by atomic mass is 79.9. The molecular weight excluding hydrogens is 326 g/mol. The average Bonchev–Trinajstić information content (AvgIpc) is 2.86. The van der Waals surface area contributed by atoms with E-state index in [1.54, 1.807) is 11.3 Å². The smallest absolute Gasteiger partial charge is 0.264 e. The zero-order chi connectivity index (χ0) is 14.3. The molecule has 0 atom stereocenters. The highest BCUT2D eigenvalue weighted by Gasteiger charge is 2.19. The van der Waals surface area contributed by atoms with E-state index in [9.17, 15) is 4.79 Å². The Labute approximate surface area is 128 Å². The molecule has 0 saturated heterocycles. The first-order valence-corrected chi connectivity index (χ1v) is 8.57. The van der Waals surface area contributed by atoms with Crippen molar-refractivity contribution in [2.45, 2.75) is 33.2 Å². The molecule has 0 aliphatic rings. The second kappa shape index (κ2) is 8.72. The fourth-order valence-electron chi connectivity index (χ4n) is 1.74. The molecule has 5 heteroatoms. The monoisotopic (exact) mass is 347 g/mol. The molecule has 108 valence electrons. The molecule has 0 bridgehead atoms. The number of thiophene rings is 1. The third-order valence-corrected chi connectivity index (χ3v) is 4.34. The SMILES string of the molecule is CCc1ccc(C(=O)N(CCOCCBr)C(C)C)s1. The number of ether oxygens (including phenoxy) is 1. The first-order chi connectivity index (χ1) is 9.10. The van der Waals surface area contributed by atoms with Crippen LogP contribution in [0.2, 0.25) is 0 Å². The van der Waals surface area contributed by atoms with Gasteiger partial charge in [0.1, 0.15) is 0 Å². The Morgan fingerprint density at radius 1 is 1.42 bits per heavy atom.